The summed E-state index contributed by atoms with van der Waals surface area (Å²) in [6.45, 7) is 3.17. The standard InChI is InChI=1S/C26H27BrN4O3S/c1-26(12-4-6-20(27)14-26)35(33,34)31-17-23(22-7-5-13-28-24(22)31)18-8-10-19(11-9-18)25(32)30-15-21(16-30)29(2)3/h4-11,13-14,17,21H,12,15-16H2,1-3H3. The summed E-state index contributed by atoms with van der Waals surface area (Å²) in [5.74, 6) is 0.0111. The van der Waals surface area contributed by atoms with E-state index in [2.05, 4.69) is 25.8 Å². The number of hydrogen-bond donors (Lipinski definition) is 0. The molecule has 2 aromatic heterocycles. The molecule has 9 heteroatoms. The van der Waals surface area contributed by atoms with E-state index in [4.69, 9.17) is 0 Å². The summed E-state index contributed by atoms with van der Waals surface area (Å²) < 4.78 is 28.6. The maximum Gasteiger partial charge on any atom is 0.253 e. The van der Waals surface area contributed by atoms with Crippen LogP contribution in [0.25, 0.3) is 22.2 Å². The number of hydrogen-bond acceptors (Lipinski definition) is 5. The Hall–Kier alpha value is -2.75. The first-order valence-electron chi connectivity index (χ1n) is 11.4. The zero-order chi connectivity index (χ0) is 25.0. The van der Waals surface area contributed by atoms with E-state index in [-0.39, 0.29) is 5.91 Å². The maximum absolute atomic E-state index is 13.8. The number of benzene rings is 1. The van der Waals surface area contributed by atoms with Crippen LogP contribution < -0.4 is 0 Å². The number of nitrogens with zero attached hydrogens (tertiary/aromatic N) is 4. The highest BCUT2D eigenvalue weighted by Crippen LogP contribution is 2.37. The largest absolute Gasteiger partial charge is 0.335 e. The quantitative estimate of drug-likeness (QED) is 0.471. The van der Waals surface area contributed by atoms with E-state index in [1.54, 1.807) is 31.5 Å². The van der Waals surface area contributed by atoms with Crippen molar-refractivity contribution in [2.45, 2.75) is 24.1 Å². The molecule has 182 valence electrons. The highest BCUT2D eigenvalue weighted by molar-refractivity contribution is 9.11. The average molecular weight is 555 g/mol. The van der Waals surface area contributed by atoms with Crippen molar-refractivity contribution in [2.75, 3.05) is 27.2 Å². The summed E-state index contributed by atoms with van der Waals surface area (Å²) in [7, 11) is 0.225. The second-order valence-electron chi connectivity index (χ2n) is 9.57. The molecule has 1 atom stereocenters. The molecule has 0 bridgehead atoms. The molecule has 5 rings (SSSR count). The van der Waals surface area contributed by atoms with Gasteiger partial charge in [0.05, 0.1) is 0 Å². The molecule has 0 radical (unpaired) electrons. The fourth-order valence-corrected chi connectivity index (χ4v) is 7.07. The van der Waals surface area contributed by atoms with E-state index in [0.29, 0.717) is 23.7 Å². The Labute approximate surface area is 213 Å². The van der Waals surface area contributed by atoms with Gasteiger partial charge in [0.2, 0.25) is 10.0 Å². The van der Waals surface area contributed by atoms with E-state index in [1.165, 1.54) is 3.97 Å². The lowest BCUT2D eigenvalue weighted by molar-refractivity contribution is 0.0399. The van der Waals surface area contributed by atoms with Crippen LogP contribution in [0.5, 0.6) is 0 Å². The summed E-state index contributed by atoms with van der Waals surface area (Å²) in [6, 6.07) is 11.4. The van der Waals surface area contributed by atoms with E-state index < -0.39 is 14.8 Å². The Balaban J connectivity index is 1.50. The van der Waals surface area contributed by atoms with Gasteiger partial charge in [-0.1, -0.05) is 40.2 Å². The molecule has 0 spiro atoms. The predicted octanol–water partition coefficient (Wildman–Crippen LogP) is 4.26. The third-order valence-electron chi connectivity index (χ3n) is 6.95. The van der Waals surface area contributed by atoms with Crippen LogP contribution in [-0.2, 0) is 10.0 Å². The molecule has 1 unspecified atom stereocenters. The van der Waals surface area contributed by atoms with Crippen LogP contribution in [0.15, 0.2) is 71.5 Å². The van der Waals surface area contributed by atoms with Crippen molar-refractivity contribution in [1.82, 2.24) is 18.8 Å². The van der Waals surface area contributed by atoms with Gasteiger partial charge >= 0.3 is 0 Å². The zero-order valence-corrected chi connectivity index (χ0v) is 22.3. The minimum atomic E-state index is -3.82. The molecule has 7 nitrogen and oxygen atoms in total. The molecule has 1 aromatic carbocycles. The molecule has 2 aliphatic rings. The van der Waals surface area contributed by atoms with Gasteiger partial charge in [-0.2, -0.15) is 0 Å². The van der Waals surface area contributed by atoms with Gasteiger partial charge in [0.1, 0.15) is 4.75 Å². The normalized spacial score (nSPS) is 20.8. The van der Waals surface area contributed by atoms with Crippen molar-refractivity contribution >= 4 is 42.9 Å². The molecule has 0 saturated carbocycles. The summed E-state index contributed by atoms with van der Waals surface area (Å²) in [6.07, 6.45) is 9.06. The number of halogens is 1. The number of likely N-dealkylation sites (N-methyl/N-ethyl adjacent to an activating group) is 1. The van der Waals surface area contributed by atoms with Crippen LogP contribution in [0.2, 0.25) is 0 Å². The topological polar surface area (TPSA) is 75.5 Å². The second-order valence-corrected chi connectivity index (χ2v) is 12.8. The molecular formula is C26H27BrN4O3S. The first-order chi connectivity index (χ1) is 16.6. The summed E-state index contributed by atoms with van der Waals surface area (Å²) >= 11 is 3.42. The average Bonchev–Trinajstić information content (AvgIpc) is 3.18. The van der Waals surface area contributed by atoms with Gasteiger partial charge < -0.3 is 9.80 Å². The van der Waals surface area contributed by atoms with Crippen molar-refractivity contribution in [3.05, 3.63) is 77.1 Å². The number of likely N-dealkylation sites (tertiary alicyclic amines) is 1. The minimum absolute atomic E-state index is 0.0111. The number of carbonyl (C=O) groups excluding carboxylic acids is 1. The highest BCUT2D eigenvalue weighted by atomic mass is 79.9. The van der Waals surface area contributed by atoms with Gasteiger partial charge in [0.15, 0.2) is 5.65 Å². The Morgan fingerprint density at radius 2 is 1.89 bits per heavy atom. The Bertz CT molecular complexity index is 1470. The fraction of sp³-hybridized carbons (Fsp3) is 0.308. The number of aromatic nitrogens is 2. The monoisotopic (exact) mass is 554 g/mol. The van der Waals surface area contributed by atoms with Crippen molar-refractivity contribution < 1.29 is 13.2 Å². The molecule has 1 amide bonds. The fourth-order valence-electron chi connectivity index (χ4n) is 4.58. The molecule has 1 saturated heterocycles. The molecule has 3 aromatic rings. The second kappa shape index (κ2) is 8.72. The van der Waals surface area contributed by atoms with Crippen LogP contribution >= 0.6 is 15.9 Å². The summed E-state index contributed by atoms with van der Waals surface area (Å²) in [5.41, 5.74) is 2.59. The van der Waals surface area contributed by atoms with Crippen molar-refractivity contribution in [3.63, 3.8) is 0 Å². The Kier molecular flexibility index (Phi) is 5.97. The van der Waals surface area contributed by atoms with Gasteiger partial charge in [0.25, 0.3) is 5.91 Å². The molecular weight excluding hydrogens is 528 g/mol. The number of fused-ring (bicyclic) bond motifs is 1. The Morgan fingerprint density at radius 1 is 1.17 bits per heavy atom. The molecule has 3 heterocycles. The smallest absolute Gasteiger partial charge is 0.253 e. The van der Waals surface area contributed by atoms with E-state index in [0.717, 1.165) is 34.1 Å². The van der Waals surface area contributed by atoms with Crippen LogP contribution in [0, 0.1) is 0 Å². The molecule has 1 aliphatic heterocycles. The molecule has 35 heavy (non-hydrogen) atoms. The lowest BCUT2D eigenvalue weighted by atomic mass is 10.0. The van der Waals surface area contributed by atoms with Crippen molar-refractivity contribution in [1.29, 1.82) is 0 Å². The minimum Gasteiger partial charge on any atom is -0.335 e. The van der Waals surface area contributed by atoms with Crippen molar-refractivity contribution in [2.24, 2.45) is 0 Å². The van der Waals surface area contributed by atoms with Crippen LogP contribution in [0.3, 0.4) is 0 Å². The van der Waals surface area contributed by atoms with Crippen molar-refractivity contribution in [3.8, 4) is 11.1 Å². The van der Waals surface area contributed by atoms with E-state index in [1.807, 2.05) is 61.5 Å². The first kappa shape index (κ1) is 24.0. The van der Waals surface area contributed by atoms with Gasteiger partial charge in [-0.25, -0.2) is 17.4 Å². The lowest BCUT2D eigenvalue weighted by Gasteiger charge is -2.42. The third kappa shape index (κ3) is 4.05. The molecule has 1 fully saturated rings. The van der Waals surface area contributed by atoms with Crippen LogP contribution in [-0.4, -0.2) is 71.1 Å². The van der Waals surface area contributed by atoms with Crippen LogP contribution in [0.4, 0.5) is 0 Å². The third-order valence-corrected chi connectivity index (χ3v) is 9.70. The van der Waals surface area contributed by atoms with E-state index >= 15 is 0 Å². The highest BCUT2D eigenvalue weighted by Gasteiger charge is 2.40. The van der Waals surface area contributed by atoms with Gasteiger partial charge in [-0.05, 0) is 63.3 Å². The zero-order valence-electron chi connectivity index (χ0n) is 19.8. The Morgan fingerprint density at radius 3 is 2.54 bits per heavy atom. The summed E-state index contributed by atoms with van der Waals surface area (Å²) in [5, 5.41) is 0.740. The number of rotatable bonds is 5. The number of allylic oxidation sites excluding steroid dienone is 3. The molecule has 1 aliphatic carbocycles. The number of pyridine rings is 1. The first-order valence-corrected chi connectivity index (χ1v) is 13.7. The SMILES string of the molecule is CN(C)C1CN(C(=O)c2ccc(-c3cn(S(=O)(=O)C4(C)C=C(Br)C=CC4)c4ncccc34)cc2)C1. The van der Waals surface area contributed by atoms with Crippen LogP contribution in [0.1, 0.15) is 23.7 Å². The van der Waals surface area contributed by atoms with Gasteiger partial charge in [-0.3, -0.25) is 4.79 Å². The molecule has 0 N–H and O–H groups in total. The summed E-state index contributed by atoms with van der Waals surface area (Å²) in [4.78, 5) is 21.2. The van der Waals surface area contributed by atoms with E-state index in [9.17, 15) is 13.2 Å². The predicted molar refractivity (Wildman–Crippen MR) is 142 cm³/mol. The number of carbonyl (C=O) groups is 1. The van der Waals surface area contributed by atoms with Gasteiger partial charge in [0, 0.05) is 52.5 Å². The van der Waals surface area contributed by atoms with Gasteiger partial charge in [-0.15, -0.1) is 0 Å². The number of amides is 1. The maximum atomic E-state index is 13.8. The lowest BCUT2D eigenvalue weighted by Crippen LogP contribution is -2.59.